The summed E-state index contributed by atoms with van der Waals surface area (Å²) in [6.45, 7) is 8.81. The normalized spacial score (nSPS) is 17.3. The molecule has 0 aromatic rings. The second-order valence-electron chi connectivity index (χ2n) is 5.94. The molecular weight excluding hydrogens is 258 g/mol. The topological polar surface area (TPSA) is 55.8 Å². The van der Waals surface area contributed by atoms with Crippen molar-refractivity contribution in [2.75, 3.05) is 19.7 Å². The minimum atomic E-state index is -0.487. The van der Waals surface area contributed by atoms with Gasteiger partial charge in [-0.3, -0.25) is 4.79 Å². The summed E-state index contributed by atoms with van der Waals surface area (Å²) in [5.74, 6) is -0.286. The Labute approximate surface area is 120 Å². The zero-order valence-electron chi connectivity index (χ0n) is 12.8. The zero-order chi connectivity index (χ0) is 15.2. The quantitative estimate of drug-likeness (QED) is 0.590. The summed E-state index contributed by atoms with van der Waals surface area (Å²) in [7, 11) is 0. The van der Waals surface area contributed by atoms with Crippen molar-refractivity contribution >= 4 is 12.1 Å². The van der Waals surface area contributed by atoms with E-state index in [1.807, 2.05) is 33.8 Å². The molecule has 0 spiro atoms. The van der Waals surface area contributed by atoms with Gasteiger partial charge in [0, 0.05) is 13.1 Å². The first-order chi connectivity index (χ1) is 9.33. The van der Waals surface area contributed by atoms with Crippen LogP contribution >= 0.6 is 0 Å². The van der Waals surface area contributed by atoms with Crippen LogP contribution in [-0.4, -0.2) is 42.3 Å². The standard InChI is InChI=1S/C15H25NO4/c1-5-6-11-19-13(17)12-7-9-16(10-8-12)14(18)20-15(2,3)4/h5-6,12H,7-11H2,1-4H3. The van der Waals surface area contributed by atoms with E-state index in [0.29, 0.717) is 32.5 Å². The molecule has 1 aliphatic heterocycles. The van der Waals surface area contributed by atoms with Crippen molar-refractivity contribution in [1.29, 1.82) is 0 Å². The van der Waals surface area contributed by atoms with Crippen LogP contribution in [0.15, 0.2) is 12.2 Å². The van der Waals surface area contributed by atoms with E-state index in [4.69, 9.17) is 9.47 Å². The monoisotopic (exact) mass is 283 g/mol. The first kappa shape index (κ1) is 16.5. The van der Waals surface area contributed by atoms with Crippen LogP contribution in [0.25, 0.3) is 0 Å². The molecule has 1 heterocycles. The van der Waals surface area contributed by atoms with E-state index in [1.54, 1.807) is 11.0 Å². The number of piperidine rings is 1. The maximum atomic E-state index is 11.9. The van der Waals surface area contributed by atoms with Crippen molar-refractivity contribution < 1.29 is 19.1 Å². The Hall–Kier alpha value is -1.52. The molecule has 5 nitrogen and oxygen atoms in total. The fourth-order valence-electron chi connectivity index (χ4n) is 1.97. The van der Waals surface area contributed by atoms with Gasteiger partial charge in [-0.2, -0.15) is 0 Å². The highest BCUT2D eigenvalue weighted by molar-refractivity contribution is 5.73. The molecule has 0 unspecified atom stereocenters. The third-order valence-electron chi connectivity index (χ3n) is 3.04. The second-order valence-corrected chi connectivity index (χ2v) is 5.94. The Kier molecular flexibility index (Phi) is 6.05. The van der Waals surface area contributed by atoms with Gasteiger partial charge in [-0.05, 0) is 40.5 Å². The number of amides is 1. The number of nitrogens with zero attached hydrogens (tertiary/aromatic N) is 1. The Balaban J connectivity index is 2.36. The molecule has 114 valence electrons. The fourth-order valence-corrected chi connectivity index (χ4v) is 1.97. The summed E-state index contributed by atoms with van der Waals surface area (Å²) >= 11 is 0. The number of allylic oxidation sites excluding steroid dienone is 1. The van der Waals surface area contributed by atoms with Crippen LogP contribution < -0.4 is 0 Å². The molecule has 0 saturated carbocycles. The van der Waals surface area contributed by atoms with Gasteiger partial charge in [0.05, 0.1) is 5.92 Å². The number of rotatable bonds is 3. The third-order valence-corrected chi connectivity index (χ3v) is 3.04. The van der Waals surface area contributed by atoms with Gasteiger partial charge in [-0.1, -0.05) is 12.2 Å². The lowest BCUT2D eigenvalue weighted by molar-refractivity contribution is -0.148. The Morgan fingerprint density at radius 2 is 1.85 bits per heavy atom. The molecule has 5 heteroatoms. The minimum Gasteiger partial charge on any atom is -0.461 e. The van der Waals surface area contributed by atoms with E-state index in [0.717, 1.165) is 0 Å². The van der Waals surface area contributed by atoms with Crippen LogP contribution in [0.4, 0.5) is 4.79 Å². The maximum absolute atomic E-state index is 11.9. The van der Waals surface area contributed by atoms with E-state index in [1.165, 1.54) is 0 Å². The van der Waals surface area contributed by atoms with Crippen LogP contribution in [0.5, 0.6) is 0 Å². The smallest absolute Gasteiger partial charge is 0.410 e. The molecule has 1 aliphatic rings. The van der Waals surface area contributed by atoms with Gasteiger partial charge in [0.2, 0.25) is 0 Å². The number of carbonyl (C=O) groups excluding carboxylic acids is 2. The lowest BCUT2D eigenvalue weighted by Gasteiger charge is -2.32. The van der Waals surface area contributed by atoms with Crippen molar-refractivity contribution in [3.05, 3.63) is 12.2 Å². The third kappa shape index (κ3) is 5.63. The Morgan fingerprint density at radius 1 is 1.25 bits per heavy atom. The van der Waals surface area contributed by atoms with Crippen LogP contribution in [0.3, 0.4) is 0 Å². The number of esters is 1. The Bertz CT molecular complexity index is 363. The average molecular weight is 283 g/mol. The van der Waals surface area contributed by atoms with Crippen molar-refractivity contribution in [2.45, 2.75) is 46.1 Å². The highest BCUT2D eigenvalue weighted by Crippen LogP contribution is 2.20. The largest absolute Gasteiger partial charge is 0.461 e. The number of hydrogen-bond donors (Lipinski definition) is 0. The van der Waals surface area contributed by atoms with E-state index < -0.39 is 5.60 Å². The number of hydrogen-bond acceptors (Lipinski definition) is 4. The summed E-state index contributed by atoms with van der Waals surface area (Å²) < 4.78 is 10.5. The van der Waals surface area contributed by atoms with Crippen LogP contribution in [0.2, 0.25) is 0 Å². The van der Waals surface area contributed by atoms with Crippen LogP contribution in [-0.2, 0) is 14.3 Å². The molecule has 1 rings (SSSR count). The molecule has 0 atom stereocenters. The van der Waals surface area contributed by atoms with Gasteiger partial charge in [0.1, 0.15) is 12.2 Å². The molecular formula is C15H25NO4. The summed E-state index contributed by atoms with van der Waals surface area (Å²) in [6.07, 6.45) is 4.60. The predicted octanol–water partition coefficient (Wildman–Crippen LogP) is 2.75. The Morgan fingerprint density at radius 3 is 2.35 bits per heavy atom. The first-order valence-corrected chi connectivity index (χ1v) is 7.09. The fraction of sp³-hybridized carbons (Fsp3) is 0.733. The van der Waals surface area contributed by atoms with Crippen LogP contribution in [0.1, 0.15) is 40.5 Å². The summed E-state index contributed by atoms with van der Waals surface area (Å²) in [5.41, 5.74) is -0.487. The van der Waals surface area contributed by atoms with Crippen molar-refractivity contribution in [3.63, 3.8) is 0 Å². The average Bonchev–Trinajstić information content (AvgIpc) is 2.37. The van der Waals surface area contributed by atoms with E-state index >= 15 is 0 Å². The number of likely N-dealkylation sites (tertiary alicyclic amines) is 1. The zero-order valence-corrected chi connectivity index (χ0v) is 12.8. The van der Waals surface area contributed by atoms with Crippen molar-refractivity contribution in [1.82, 2.24) is 4.90 Å². The summed E-state index contributed by atoms with van der Waals surface area (Å²) in [4.78, 5) is 25.3. The molecule has 0 bridgehead atoms. The van der Waals surface area contributed by atoms with Gasteiger partial charge in [0.25, 0.3) is 0 Å². The lowest BCUT2D eigenvalue weighted by Crippen LogP contribution is -2.43. The molecule has 0 N–H and O–H groups in total. The summed E-state index contributed by atoms with van der Waals surface area (Å²) in [5, 5.41) is 0. The number of ether oxygens (including phenoxy) is 2. The van der Waals surface area contributed by atoms with Gasteiger partial charge in [0.15, 0.2) is 0 Å². The molecule has 0 aromatic carbocycles. The molecule has 0 aliphatic carbocycles. The number of carbonyl (C=O) groups is 2. The molecule has 0 aromatic heterocycles. The molecule has 1 fully saturated rings. The van der Waals surface area contributed by atoms with E-state index in [9.17, 15) is 9.59 Å². The van der Waals surface area contributed by atoms with E-state index in [-0.39, 0.29) is 18.0 Å². The molecule has 1 amide bonds. The highest BCUT2D eigenvalue weighted by atomic mass is 16.6. The van der Waals surface area contributed by atoms with Crippen molar-refractivity contribution in [3.8, 4) is 0 Å². The van der Waals surface area contributed by atoms with E-state index in [2.05, 4.69) is 0 Å². The maximum Gasteiger partial charge on any atom is 0.410 e. The highest BCUT2D eigenvalue weighted by Gasteiger charge is 2.30. The minimum absolute atomic E-state index is 0.112. The van der Waals surface area contributed by atoms with Gasteiger partial charge < -0.3 is 14.4 Å². The first-order valence-electron chi connectivity index (χ1n) is 7.09. The van der Waals surface area contributed by atoms with Gasteiger partial charge in [-0.15, -0.1) is 0 Å². The molecule has 20 heavy (non-hydrogen) atoms. The van der Waals surface area contributed by atoms with Crippen LogP contribution in [0, 0.1) is 5.92 Å². The molecule has 0 radical (unpaired) electrons. The predicted molar refractivity (Wildman–Crippen MR) is 76.3 cm³/mol. The lowest BCUT2D eigenvalue weighted by atomic mass is 9.97. The SMILES string of the molecule is CC=CCOC(=O)C1CCN(C(=O)OC(C)(C)C)CC1. The summed E-state index contributed by atoms with van der Waals surface area (Å²) in [6, 6.07) is 0. The van der Waals surface area contributed by atoms with Gasteiger partial charge >= 0.3 is 12.1 Å². The van der Waals surface area contributed by atoms with Crippen molar-refractivity contribution in [2.24, 2.45) is 5.92 Å². The second kappa shape index (κ2) is 7.31. The van der Waals surface area contributed by atoms with Gasteiger partial charge in [-0.25, -0.2) is 4.79 Å². The molecule has 1 saturated heterocycles.